The van der Waals surface area contributed by atoms with Crippen LogP contribution in [-0.2, 0) is 14.3 Å². The van der Waals surface area contributed by atoms with Crippen LogP contribution in [0.15, 0.2) is 0 Å². The molecule has 2 aliphatic rings. The Morgan fingerprint density at radius 2 is 2.27 bits per heavy atom. The van der Waals surface area contributed by atoms with E-state index in [1.54, 1.807) is 4.90 Å². The van der Waals surface area contributed by atoms with Gasteiger partial charge in [-0.15, -0.1) is 0 Å². The van der Waals surface area contributed by atoms with E-state index < -0.39 is 0 Å². The van der Waals surface area contributed by atoms with Crippen LogP contribution in [0.5, 0.6) is 0 Å². The molecule has 0 aromatic carbocycles. The fraction of sp³-hybridized carbons (Fsp3) is 0.800. The predicted octanol–water partition coefficient (Wildman–Crippen LogP) is -0.488. The number of nitrogens with one attached hydrogen (secondary N) is 1. The molecule has 0 aliphatic carbocycles. The Kier molecular flexibility index (Phi) is 2.90. The third kappa shape index (κ3) is 2.47. The molecule has 0 bridgehead atoms. The first kappa shape index (κ1) is 10.4. The van der Waals surface area contributed by atoms with Gasteiger partial charge in [-0.3, -0.25) is 9.59 Å². The molecule has 5 nitrogen and oxygen atoms in total. The van der Waals surface area contributed by atoms with Crippen molar-refractivity contribution in [2.75, 3.05) is 19.6 Å². The van der Waals surface area contributed by atoms with Crippen LogP contribution < -0.4 is 5.32 Å². The molecule has 2 aliphatic heterocycles. The summed E-state index contributed by atoms with van der Waals surface area (Å²) in [6, 6.07) is 0. The second kappa shape index (κ2) is 4.18. The third-order valence-electron chi connectivity index (χ3n) is 2.87. The minimum atomic E-state index is -0.0827. The molecule has 2 saturated heterocycles. The molecule has 5 heteroatoms. The summed E-state index contributed by atoms with van der Waals surface area (Å²) in [6.45, 7) is 2.88. The monoisotopic (exact) mass is 212 g/mol. The summed E-state index contributed by atoms with van der Waals surface area (Å²) in [6.07, 6.45) is 2.41. The van der Waals surface area contributed by atoms with E-state index in [0.29, 0.717) is 6.54 Å². The molecule has 0 radical (unpaired) electrons. The van der Waals surface area contributed by atoms with Crippen LogP contribution in [0.25, 0.3) is 0 Å². The van der Waals surface area contributed by atoms with Gasteiger partial charge in [0.05, 0.1) is 25.3 Å². The fourth-order valence-corrected chi connectivity index (χ4v) is 2.04. The zero-order valence-corrected chi connectivity index (χ0v) is 8.86. The van der Waals surface area contributed by atoms with E-state index in [2.05, 4.69) is 5.32 Å². The van der Waals surface area contributed by atoms with Gasteiger partial charge in [-0.25, -0.2) is 0 Å². The minimum Gasteiger partial charge on any atom is -0.373 e. The molecule has 0 saturated carbocycles. The lowest BCUT2D eigenvalue weighted by Gasteiger charge is -2.28. The summed E-state index contributed by atoms with van der Waals surface area (Å²) in [5.74, 6) is -0.0987. The Labute approximate surface area is 88.8 Å². The molecule has 15 heavy (non-hydrogen) atoms. The molecule has 2 unspecified atom stereocenters. The number of rotatable bonds is 2. The van der Waals surface area contributed by atoms with Crippen LogP contribution in [0.3, 0.4) is 0 Å². The first-order valence-electron chi connectivity index (χ1n) is 5.35. The van der Waals surface area contributed by atoms with E-state index in [4.69, 9.17) is 4.74 Å². The van der Waals surface area contributed by atoms with E-state index in [0.717, 1.165) is 12.8 Å². The fourth-order valence-electron chi connectivity index (χ4n) is 2.04. The first-order valence-corrected chi connectivity index (χ1v) is 5.35. The molecule has 0 aromatic rings. The molecule has 2 atom stereocenters. The highest BCUT2D eigenvalue weighted by molar-refractivity contribution is 5.92. The summed E-state index contributed by atoms with van der Waals surface area (Å²) < 4.78 is 5.62. The molecular formula is C10H16N2O3. The highest BCUT2D eigenvalue weighted by Gasteiger charge is 2.29. The van der Waals surface area contributed by atoms with Crippen molar-refractivity contribution in [1.82, 2.24) is 10.2 Å². The Bertz CT molecular complexity index is 280. The number of ether oxygens (including phenoxy) is 1. The van der Waals surface area contributed by atoms with Gasteiger partial charge in [0.25, 0.3) is 0 Å². The maximum Gasteiger partial charge on any atom is 0.242 e. The van der Waals surface area contributed by atoms with Crippen molar-refractivity contribution in [3.8, 4) is 0 Å². The van der Waals surface area contributed by atoms with E-state index in [1.807, 2.05) is 6.92 Å². The van der Waals surface area contributed by atoms with E-state index in [9.17, 15) is 9.59 Å². The predicted molar refractivity (Wildman–Crippen MR) is 53.2 cm³/mol. The highest BCUT2D eigenvalue weighted by atomic mass is 16.5. The van der Waals surface area contributed by atoms with Crippen LogP contribution in [0.2, 0.25) is 0 Å². The van der Waals surface area contributed by atoms with Gasteiger partial charge < -0.3 is 15.0 Å². The van der Waals surface area contributed by atoms with E-state index in [-0.39, 0.29) is 37.1 Å². The van der Waals surface area contributed by atoms with Crippen LogP contribution >= 0.6 is 0 Å². The number of nitrogens with zero attached hydrogens (tertiary/aromatic N) is 1. The van der Waals surface area contributed by atoms with Crippen molar-refractivity contribution >= 4 is 11.8 Å². The molecule has 84 valence electrons. The zero-order valence-electron chi connectivity index (χ0n) is 8.86. The Morgan fingerprint density at radius 3 is 2.93 bits per heavy atom. The average molecular weight is 212 g/mol. The second-order valence-electron chi connectivity index (χ2n) is 4.20. The smallest absolute Gasteiger partial charge is 0.242 e. The normalized spacial score (nSPS) is 31.9. The van der Waals surface area contributed by atoms with Gasteiger partial charge in [0.1, 0.15) is 0 Å². The van der Waals surface area contributed by atoms with Crippen molar-refractivity contribution < 1.29 is 14.3 Å². The topological polar surface area (TPSA) is 58.6 Å². The molecule has 1 N–H and O–H groups in total. The van der Waals surface area contributed by atoms with Crippen molar-refractivity contribution in [3.05, 3.63) is 0 Å². The van der Waals surface area contributed by atoms with E-state index >= 15 is 0 Å². The summed E-state index contributed by atoms with van der Waals surface area (Å²) in [7, 11) is 0. The average Bonchev–Trinajstić information content (AvgIpc) is 2.58. The maximum atomic E-state index is 11.5. The largest absolute Gasteiger partial charge is 0.373 e. The van der Waals surface area contributed by atoms with Gasteiger partial charge in [-0.1, -0.05) is 0 Å². The van der Waals surface area contributed by atoms with Crippen molar-refractivity contribution in [2.45, 2.75) is 32.0 Å². The van der Waals surface area contributed by atoms with Crippen molar-refractivity contribution in [3.63, 3.8) is 0 Å². The zero-order chi connectivity index (χ0) is 10.8. The first-order chi connectivity index (χ1) is 7.15. The Hall–Kier alpha value is -1.10. The van der Waals surface area contributed by atoms with Gasteiger partial charge in [-0.2, -0.15) is 0 Å². The molecule has 2 rings (SSSR count). The molecular weight excluding hydrogens is 196 g/mol. The second-order valence-corrected chi connectivity index (χ2v) is 4.20. The van der Waals surface area contributed by atoms with Crippen molar-refractivity contribution in [2.24, 2.45) is 0 Å². The van der Waals surface area contributed by atoms with Gasteiger partial charge in [-0.05, 0) is 19.8 Å². The molecule has 2 fully saturated rings. The summed E-state index contributed by atoms with van der Waals surface area (Å²) >= 11 is 0. The molecule has 0 spiro atoms. The highest BCUT2D eigenvalue weighted by Crippen LogP contribution is 2.20. The van der Waals surface area contributed by atoms with Gasteiger partial charge >= 0.3 is 0 Å². The number of carbonyl (C=O) groups excluding carboxylic acids is 2. The van der Waals surface area contributed by atoms with Crippen LogP contribution in [-0.4, -0.2) is 48.6 Å². The van der Waals surface area contributed by atoms with Gasteiger partial charge in [0.15, 0.2) is 0 Å². The Morgan fingerprint density at radius 1 is 1.47 bits per heavy atom. The summed E-state index contributed by atoms with van der Waals surface area (Å²) in [5, 5.41) is 2.52. The van der Waals surface area contributed by atoms with Crippen LogP contribution in [0, 0.1) is 0 Å². The number of hydrogen-bond acceptors (Lipinski definition) is 3. The lowest BCUT2D eigenvalue weighted by Crippen LogP contribution is -2.53. The lowest BCUT2D eigenvalue weighted by molar-refractivity contribution is -0.142. The molecule has 2 heterocycles. The van der Waals surface area contributed by atoms with Crippen molar-refractivity contribution in [1.29, 1.82) is 0 Å². The maximum absolute atomic E-state index is 11.5. The SMILES string of the molecule is CC1CCC(CN2CC(=O)NCC2=O)O1. The van der Waals surface area contributed by atoms with Gasteiger partial charge in [0, 0.05) is 6.54 Å². The Balaban J connectivity index is 1.87. The number of amides is 2. The number of hydrogen-bond donors (Lipinski definition) is 1. The lowest BCUT2D eigenvalue weighted by atomic mass is 10.2. The molecule has 0 aromatic heterocycles. The van der Waals surface area contributed by atoms with Crippen LogP contribution in [0.1, 0.15) is 19.8 Å². The van der Waals surface area contributed by atoms with Gasteiger partial charge in [0.2, 0.25) is 11.8 Å². The van der Waals surface area contributed by atoms with E-state index in [1.165, 1.54) is 0 Å². The number of piperazine rings is 1. The number of carbonyl (C=O) groups is 2. The quantitative estimate of drug-likeness (QED) is 0.672. The van der Waals surface area contributed by atoms with Crippen LogP contribution in [0.4, 0.5) is 0 Å². The third-order valence-corrected chi connectivity index (χ3v) is 2.87. The standard InChI is InChI=1S/C10H16N2O3/c1-7-2-3-8(15-7)5-12-6-9(13)11-4-10(12)14/h7-8H,2-6H2,1H3,(H,11,13). The summed E-state index contributed by atoms with van der Waals surface area (Å²) in [4.78, 5) is 24.2. The molecule has 2 amide bonds. The minimum absolute atomic E-state index is 0.0160. The summed E-state index contributed by atoms with van der Waals surface area (Å²) in [5.41, 5.74) is 0.